The van der Waals surface area contributed by atoms with E-state index in [1.54, 1.807) is 4.90 Å². The fourth-order valence-corrected chi connectivity index (χ4v) is 6.06. The van der Waals surface area contributed by atoms with E-state index in [1.165, 1.54) is 12.0 Å². The minimum atomic E-state index is -0.598. The van der Waals surface area contributed by atoms with Crippen molar-refractivity contribution in [3.05, 3.63) is 59.4 Å². The Labute approximate surface area is 204 Å². The number of hydrogen-bond donors (Lipinski definition) is 1. The van der Waals surface area contributed by atoms with E-state index in [1.807, 2.05) is 30.6 Å². The van der Waals surface area contributed by atoms with Crippen LogP contribution < -0.4 is 10.1 Å². The number of fused-ring (bicyclic) bond motifs is 1. The van der Waals surface area contributed by atoms with Crippen LogP contribution in [0.5, 0.6) is 5.75 Å². The molecule has 2 saturated heterocycles. The van der Waals surface area contributed by atoms with Crippen molar-refractivity contribution in [1.29, 1.82) is 0 Å². The second-order valence-corrected chi connectivity index (χ2v) is 10.2. The van der Waals surface area contributed by atoms with Gasteiger partial charge in [-0.15, -0.1) is 0 Å². The third-order valence-electron chi connectivity index (χ3n) is 8.01. The topological polar surface area (TPSA) is 91.8 Å². The number of imide groups is 1. The van der Waals surface area contributed by atoms with E-state index >= 15 is 0 Å². The zero-order valence-corrected chi connectivity index (χ0v) is 19.7. The maximum atomic E-state index is 13.0. The van der Waals surface area contributed by atoms with Gasteiger partial charge in [0.2, 0.25) is 11.8 Å². The number of carbonyl (C=O) groups excluding carboxylic acids is 3. The lowest BCUT2D eigenvalue weighted by molar-refractivity contribution is -0.136. The summed E-state index contributed by atoms with van der Waals surface area (Å²) in [5.74, 6) is 0.528. The Morgan fingerprint density at radius 3 is 2.57 bits per heavy atom. The minimum absolute atomic E-state index is 0.128. The van der Waals surface area contributed by atoms with Gasteiger partial charge in [0.25, 0.3) is 5.91 Å². The van der Waals surface area contributed by atoms with Crippen LogP contribution in [0.4, 0.5) is 0 Å². The smallest absolute Gasteiger partial charge is 0.255 e. The first-order chi connectivity index (χ1) is 17.1. The molecule has 1 aliphatic carbocycles. The Balaban J connectivity index is 1.12. The second-order valence-electron chi connectivity index (χ2n) is 10.2. The van der Waals surface area contributed by atoms with Crippen LogP contribution in [-0.2, 0) is 16.1 Å². The number of hydrogen-bond acceptors (Lipinski definition) is 6. The quantitative estimate of drug-likeness (QED) is 0.670. The van der Waals surface area contributed by atoms with Crippen molar-refractivity contribution >= 4 is 17.7 Å². The van der Waals surface area contributed by atoms with Gasteiger partial charge in [-0.2, -0.15) is 0 Å². The van der Waals surface area contributed by atoms with Crippen molar-refractivity contribution < 1.29 is 19.1 Å². The van der Waals surface area contributed by atoms with Crippen LogP contribution in [0.1, 0.15) is 65.9 Å². The first kappa shape index (κ1) is 22.2. The molecule has 4 heterocycles. The summed E-state index contributed by atoms with van der Waals surface area (Å²) < 4.78 is 6.54. The largest absolute Gasteiger partial charge is 0.489 e. The van der Waals surface area contributed by atoms with E-state index < -0.39 is 6.04 Å². The monoisotopic (exact) mass is 474 g/mol. The lowest BCUT2D eigenvalue weighted by Crippen LogP contribution is -2.57. The van der Waals surface area contributed by atoms with Gasteiger partial charge in [-0.25, -0.2) is 0 Å². The SMILES string of the molecule is O=C1CCC(N2Cc3cc(O[C@H]4CCCCC4N4CC(c5ccncc5)C4)ccc3C2=O)C(=O)N1. The molecule has 3 atom stereocenters. The van der Waals surface area contributed by atoms with Crippen molar-refractivity contribution in [1.82, 2.24) is 20.1 Å². The van der Waals surface area contributed by atoms with E-state index in [-0.39, 0.29) is 30.2 Å². The van der Waals surface area contributed by atoms with E-state index in [0.717, 1.165) is 43.7 Å². The third kappa shape index (κ3) is 4.20. The van der Waals surface area contributed by atoms with Gasteiger partial charge in [0.15, 0.2) is 0 Å². The van der Waals surface area contributed by atoms with Gasteiger partial charge in [0.05, 0.1) is 0 Å². The van der Waals surface area contributed by atoms with Crippen LogP contribution in [0, 0.1) is 0 Å². The first-order valence-corrected chi connectivity index (χ1v) is 12.6. The molecule has 1 aromatic heterocycles. The summed E-state index contributed by atoms with van der Waals surface area (Å²) >= 11 is 0. The van der Waals surface area contributed by atoms with Crippen LogP contribution >= 0.6 is 0 Å². The Kier molecular flexibility index (Phi) is 5.76. The van der Waals surface area contributed by atoms with Gasteiger partial charge < -0.3 is 9.64 Å². The van der Waals surface area contributed by atoms with Gasteiger partial charge in [-0.1, -0.05) is 6.42 Å². The zero-order chi connectivity index (χ0) is 23.9. The molecule has 1 saturated carbocycles. The molecule has 3 amide bonds. The number of benzene rings is 1. The third-order valence-corrected chi connectivity index (χ3v) is 8.01. The number of nitrogens with one attached hydrogen (secondary N) is 1. The molecule has 3 aliphatic heterocycles. The van der Waals surface area contributed by atoms with Crippen LogP contribution in [0.2, 0.25) is 0 Å². The fraction of sp³-hybridized carbons (Fsp3) is 0.481. The number of carbonyl (C=O) groups is 3. The number of piperidine rings is 1. The summed E-state index contributed by atoms with van der Waals surface area (Å²) in [6, 6.07) is 9.69. The molecule has 182 valence electrons. The molecule has 0 radical (unpaired) electrons. The van der Waals surface area contributed by atoms with Crippen LogP contribution in [0.15, 0.2) is 42.7 Å². The van der Waals surface area contributed by atoms with Gasteiger partial charge in [-0.3, -0.25) is 29.6 Å². The lowest BCUT2D eigenvalue weighted by atomic mass is 9.84. The molecule has 0 spiro atoms. The highest BCUT2D eigenvalue weighted by Crippen LogP contribution is 2.36. The molecule has 6 rings (SSSR count). The number of ether oxygens (including phenoxy) is 1. The highest BCUT2D eigenvalue weighted by Gasteiger charge is 2.41. The predicted octanol–water partition coefficient (Wildman–Crippen LogP) is 2.63. The standard InChI is InChI=1S/C27H30N4O4/c32-25-8-7-23(26(33)29-25)31-16-18-13-20(5-6-21(18)27(31)34)35-24-4-2-1-3-22(24)30-14-19(15-30)17-9-11-28-12-10-17/h5-6,9-13,19,22-24H,1-4,7-8,14-16H2,(H,29,32,33)/t22?,23?,24-/m0/s1. The van der Waals surface area contributed by atoms with Crippen molar-refractivity contribution in [2.75, 3.05) is 13.1 Å². The summed E-state index contributed by atoms with van der Waals surface area (Å²) in [6.07, 6.45) is 9.04. The molecule has 2 unspecified atom stereocenters. The summed E-state index contributed by atoms with van der Waals surface area (Å²) in [5.41, 5.74) is 2.85. The van der Waals surface area contributed by atoms with Crippen LogP contribution in [0.25, 0.3) is 0 Å². The molecule has 1 N–H and O–H groups in total. The summed E-state index contributed by atoms with van der Waals surface area (Å²) in [5, 5.41) is 2.35. The molecule has 4 aliphatic rings. The highest BCUT2D eigenvalue weighted by atomic mass is 16.5. The van der Waals surface area contributed by atoms with E-state index in [9.17, 15) is 14.4 Å². The Morgan fingerprint density at radius 2 is 1.77 bits per heavy atom. The van der Waals surface area contributed by atoms with Gasteiger partial charge in [0, 0.05) is 56.0 Å². The van der Waals surface area contributed by atoms with E-state index in [2.05, 4.69) is 27.3 Å². The Hall–Kier alpha value is -3.26. The number of aromatic nitrogens is 1. The summed E-state index contributed by atoms with van der Waals surface area (Å²) in [4.78, 5) is 45.0. The van der Waals surface area contributed by atoms with Crippen molar-refractivity contribution in [3.8, 4) is 5.75 Å². The van der Waals surface area contributed by atoms with Crippen LogP contribution in [0.3, 0.4) is 0 Å². The average molecular weight is 475 g/mol. The fourth-order valence-electron chi connectivity index (χ4n) is 6.06. The van der Waals surface area contributed by atoms with Crippen molar-refractivity contribution in [2.45, 2.75) is 69.2 Å². The van der Waals surface area contributed by atoms with Crippen molar-refractivity contribution in [2.24, 2.45) is 0 Å². The lowest BCUT2D eigenvalue weighted by Gasteiger charge is -2.48. The molecule has 0 bridgehead atoms. The number of pyridine rings is 1. The molecule has 3 fully saturated rings. The highest BCUT2D eigenvalue weighted by molar-refractivity contribution is 6.05. The number of amides is 3. The maximum Gasteiger partial charge on any atom is 0.255 e. The predicted molar refractivity (Wildman–Crippen MR) is 128 cm³/mol. The normalized spacial score (nSPS) is 27.4. The van der Waals surface area contributed by atoms with E-state index in [0.29, 0.717) is 30.5 Å². The number of likely N-dealkylation sites (tertiary alicyclic amines) is 1. The Bertz CT molecular complexity index is 1150. The molecular formula is C27H30N4O4. The van der Waals surface area contributed by atoms with Gasteiger partial charge in [0.1, 0.15) is 17.9 Å². The first-order valence-electron chi connectivity index (χ1n) is 12.6. The van der Waals surface area contributed by atoms with Gasteiger partial charge in [-0.05, 0) is 67.1 Å². The molecule has 8 nitrogen and oxygen atoms in total. The van der Waals surface area contributed by atoms with Crippen LogP contribution in [-0.4, -0.2) is 63.8 Å². The summed E-state index contributed by atoms with van der Waals surface area (Å²) in [7, 11) is 0. The zero-order valence-electron chi connectivity index (χ0n) is 19.7. The molecule has 1 aromatic carbocycles. The molecule has 2 aromatic rings. The van der Waals surface area contributed by atoms with Gasteiger partial charge >= 0.3 is 0 Å². The molecule has 35 heavy (non-hydrogen) atoms. The Morgan fingerprint density at radius 1 is 0.971 bits per heavy atom. The average Bonchev–Trinajstić information content (AvgIpc) is 3.15. The summed E-state index contributed by atoms with van der Waals surface area (Å²) in [6.45, 7) is 2.47. The minimum Gasteiger partial charge on any atom is -0.489 e. The van der Waals surface area contributed by atoms with Crippen molar-refractivity contribution in [3.63, 3.8) is 0 Å². The number of rotatable bonds is 5. The number of nitrogens with zero attached hydrogens (tertiary/aromatic N) is 3. The second kappa shape index (κ2) is 9.07. The maximum absolute atomic E-state index is 13.0. The van der Waals surface area contributed by atoms with E-state index in [4.69, 9.17) is 4.74 Å². The molecule has 8 heteroatoms. The molecular weight excluding hydrogens is 444 g/mol.